The Labute approximate surface area is 165 Å². The normalized spacial score (nSPS) is 15.4. The van der Waals surface area contributed by atoms with Crippen LogP contribution in [0.1, 0.15) is 18.7 Å². The highest BCUT2D eigenvalue weighted by Crippen LogP contribution is 2.28. The van der Waals surface area contributed by atoms with Gasteiger partial charge in [-0.3, -0.25) is 4.98 Å². The van der Waals surface area contributed by atoms with Gasteiger partial charge in [0.05, 0.1) is 0 Å². The van der Waals surface area contributed by atoms with E-state index >= 15 is 0 Å². The van der Waals surface area contributed by atoms with E-state index in [0.717, 1.165) is 49.1 Å². The molecule has 0 aliphatic carbocycles. The SMILES string of the molecule is Clc1nccc(N2CCC(Cc3noc(-c4cc5cnccc5o4)n3)CC2)n1. The molecule has 5 rings (SSSR count). The van der Waals surface area contributed by atoms with Crippen molar-refractivity contribution in [3.05, 3.63) is 47.9 Å². The summed E-state index contributed by atoms with van der Waals surface area (Å²) in [4.78, 5) is 19.1. The summed E-state index contributed by atoms with van der Waals surface area (Å²) in [7, 11) is 0. The molecule has 1 fully saturated rings. The third kappa shape index (κ3) is 3.43. The molecule has 1 aliphatic heterocycles. The molecule has 5 heterocycles. The van der Waals surface area contributed by atoms with E-state index in [-0.39, 0.29) is 5.28 Å². The molecule has 0 radical (unpaired) electrons. The largest absolute Gasteiger partial charge is 0.451 e. The van der Waals surface area contributed by atoms with Gasteiger partial charge < -0.3 is 13.8 Å². The lowest BCUT2D eigenvalue weighted by molar-refractivity contribution is 0.375. The molecule has 8 nitrogen and oxygen atoms in total. The fraction of sp³-hybridized carbons (Fsp3) is 0.316. The van der Waals surface area contributed by atoms with E-state index in [4.69, 9.17) is 20.5 Å². The standard InChI is InChI=1S/C19H17ClN6O2/c20-19-22-6-2-17(24-19)26-7-3-12(4-8-26)9-16-23-18(28-25-16)15-10-13-11-21-5-1-14(13)27-15/h1-2,5-6,10-12H,3-4,7-9H2. The molecule has 0 bridgehead atoms. The Morgan fingerprint density at radius 3 is 2.86 bits per heavy atom. The molecule has 9 heteroatoms. The summed E-state index contributed by atoms with van der Waals surface area (Å²) in [5.41, 5.74) is 0.752. The second-order valence-corrected chi connectivity index (χ2v) is 7.20. The second-order valence-electron chi connectivity index (χ2n) is 6.86. The molecule has 142 valence electrons. The van der Waals surface area contributed by atoms with E-state index in [0.29, 0.717) is 23.4 Å². The van der Waals surface area contributed by atoms with Crippen LogP contribution in [0.15, 0.2) is 45.7 Å². The molecule has 0 unspecified atom stereocenters. The Morgan fingerprint density at radius 2 is 2.04 bits per heavy atom. The molecule has 28 heavy (non-hydrogen) atoms. The topological polar surface area (TPSA) is 94.0 Å². The highest BCUT2D eigenvalue weighted by Gasteiger charge is 2.23. The lowest BCUT2D eigenvalue weighted by Gasteiger charge is -2.32. The molecule has 4 aromatic heterocycles. The fourth-order valence-electron chi connectivity index (χ4n) is 3.55. The lowest BCUT2D eigenvalue weighted by atomic mass is 9.93. The maximum atomic E-state index is 5.89. The fourth-order valence-corrected chi connectivity index (χ4v) is 3.70. The van der Waals surface area contributed by atoms with Crippen molar-refractivity contribution in [3.8, 4) is 11.7 Å². The number of halogens is 1. The first kappa shape index (κ1) is 17.1. The second kappa shape index (κ2) is 7.20. The van der Waals surface area contributed by atoms with Crippen LogP contribution in [0.2, 0.25) is 5.28 Å². The van der Waals surface area contributed by atoms with Crippen molar-refractivity contribution in [2.24, 2.45) is 5.92 Å². The number of aromatic nitrogens is 5. The number of pyridine rings is 1. The summed E-state index contributed by atoms with van der Waals surface area (Å²) in [5.74, 6) is 3.05. The first-order chi connectivity index (χ1) is 13.7. The van der Waals surface area contributed by atoms with Crippen LogP contribution >= 0.6 is 11.6 Å². The molecule has 1 aliphatic rings. The van der Waals surface area contributed by atoms with Crippen molar-refractivity contribution in [2.75, 3.05) is 18.0 Å². The zero-order chi connectivity index (χ0) is 18.9. The average molecular weight is 397 g/mol. The molecule has 0 saturated carbocycles. The molecule has 0 amide bonds. The maximum Gasteiger partial charge on any atom is 0.293 e. The maximum absolute atomic E-state index is 5.89. The molecule has 1 saturated heterocycles. The van der Waals surface area contributed by atoms with Gasteiger partial charge in [-0.25, -0.2) is 9.97 Å². The van der Waals surface area contributed by atoms with Crippen LogP contribution in [0.3, 0.4) is 0 Å². The van der Waals surface area contributed by atoms with Crippen molar-refractivity contribution in [3.63, 3.8) is 0 Å². The monoisotopic (exact) mass is 396 g/mol. The van der Waals surface area contributed by atoms with Gasteiger partial charge in [-0.15, -0.1) is 0 Å². The predicted molar refractivity (Wildman–Crippen MR) is 103 cm³/mol. The van der Waals surface area contributed by atoms with Gasteiger partial charge in [-0.2, -0.15) is 4.98 Å². The van der Waals surface area contributed by atoms with Crippen molar-refractivity contribution in [1.29, 1.82) is 0 Å². The summed E-state index contributed by atoms with van der Waals surface area (Å²) in [6.45, 7) is 1.83. The van der Waals surface area contributed by atoms with E-state index in [9.17, 15) is 0 Å². The van der Waals surface area contributed by atoms with E-state index in [1.54, 1.807) is 18.6 Å². The predicted octanol–water partition coefficient (Wildman–Crippen LogP) is 3.78. The highest BCUT2D eigenvalue weighted by molar-refractivity contribution is 6.28. The zero-order valence-electron chi connectivity index (χ0n) is 15.0. The third-order valence-electron chi connectivity index (χ3n) is 5.02. The number of fused-ring (bicyclic) bond motifs is 1. The van der Waals surface area contributed by atoms with Gasteiger partial charge in [-0.1, -0.05) is 5.16 Å². The van der Waals surface area contributed by atoms with Crippen LogP contribution in [0.4, 0.5) is 5.82 Å². The quantitative estimate of drug-likeness (QED) is 0.481. The Balaban J connectivity index is 1.23. The zero-order valence-corrected chi connectivity index (χ0v) is 15.7. The van der Waals surface area contributed by atoms with Crippen LogP contribution in [-0.2, 0) is 6.42 Å². The van der Waals surface area contributed by atoms with Gasteiger partial charge in [0.15, 0.2) is 11.6 Å². The smallest absolute Gasteiger partial charge is 0.293 e. The van der Waals surface area contributed by atoms with Gasteiger partial charge >= 0.3 is 0 Å². The van der Waals surface area contributed by atoms with Crippen LogP contribution in [0.5, 0.6) is 0 Å². The number of anilines is 1. The molecule has 4 aromatic rings. The van der Waals surface area contributed by atoms with Crippen LogP contribution < -0.4 is 4.90 Å². The first-order valence-corrected chi connectivity index (χ1v) is 9.52. The number of hydrogen-bond acceptors (Lipinski definition) is 8. The first-order valence-electron chi connectivity index (χ1n) is 9.14. The summed E-state index contributed by atoms with van der Waals surface area (Å²) in [6, 6.07) is 5.57. The summed E-state index contributed by atoms with van der Waals surface area (Å²) in [5, 5.41) is 5.32. The van der Waals surface area contributed by atoms with Gasteiger partial charge in [0.25, 0.3) is 5.89 Å². The number of hydrogen-bond donors (Lipinski definition) is 0. The van der Waals surface area contributed by atoms with E-state index < -0.39 is 0 Å². The third-order valence-corrected chi connectivity index (χ3v) is 5.20. The molecule has 0 aromatic carbocycles. The van der Waals surface area contributed by atoms with Gasteiger partial charge in [0.1, 0.15) is 11.4 Å². The Morgan fingerprint density at radius 1 is 1.14 bits per heavy atom. The summed E-state index contributed by atoms with van der Waals surface area (Å²) < 4.78 is 11.2. The van der Waals surface area contributed by atoms with Crippen LogP contribution in [0, 0.1) is 5.92 Å². The van der Waals surface area contributed by atoms with Gasteiger partial charge in [-0.05, 0) is 48.6 Å². The number of piperidine rings is 1. The van der Waals surface area contributed by atoms with E-state index in [2.05, 4.69) is 30.0 Å². The molecular weight excluding hydrogens is 380 g/mol. The Kier molecular flexibility index (Phi) is 4.40. The van der Waals surface area contributed by atoms with E-state index in [1.807, 2.05) is 18.2 Å². The number of rotatable bonds is 4. The van der Waals surface area contributed by atoms with Crippen molar-refractivity contribution >= 4 is 28.4 Å². The van der Waals surface area contributed by atoms with Crippen LogP contribution in [0.25, 0.3) is 22.6 Å². The number of furan rings is 1. The van der Waals surface area contributed by atoms with Gasteiger partial charge in [0.2, 0.25) is 5.28 Å². The minimum atomic E-state index is 0.278. The minimum Gasteiger partial charge on any atom is -0.451 e. The molecular formula is C19H17ClN6O2. The Hall–Kier alpha value is -3.00. The molecule has 0 atom stereocenters. The van der Waals surface area contributed by atoms with Crippen molar-refractivity contribution < 1.29 is 8.94 Å². The van der Waals surface area contributed by atoms with Gasteiger partial charge in [0, 0.05) is 43.5 Å². The van der Waals surface area contributed by atoms with Crippen molar-refractivity contribution in [2.45, 2.75) is 19.3 Å². The summed E-state index contributed by atoms with van der Waals surface area (Å²) >= 11 is 5.89. The van der Waals surface area contributed by atoms with Crippen LogP contribution in [-0.4, -0.2) is 38.2 Å². The number of nitrogens with zero attached hydrogens (tertiary/aromatic N) is 6. The molecule has 0 N–H and O–H groups in total. The highest BCUT2D eigenvalue weighted by atomic mass is 35.5. The minimum absolute atomic E-state index is 0.278. The lowest BCUT2D eigenvalue weighted by Crippen LogP contribution is -2.35. The average Bonchev–Trinajstić information content (AvgIpc) is 3.35. The van der Waals surface area contributed by atoms with E-state index in [1.165, 1.54) is 0 Å². The van der Waals surface area contributed by atoms with Crippen molar-refractivity contribution in [1.82, 2.24) is 25.1 Å². The summed E-state index contributed by atoms with van der Waals surface area (Å²) in [6.07, 6.45) is 7.97. The Bertz CT molecular complexity index is 1070. The molecule has 0 spiro atoms.